The Morgan fingerprint density at radius 3 is 2.74 bits per heavy atom. The molecule has 0 fully saturated rings. The van der Waals surface area contributed by atoms with Gasteiger partial charge in [0.05, 0.1) is 5.69 Å². The van der Waals surface area contributed by atoms with E-state index < -0.39 is 11.3 Å². The molecule has 0 saturated heterocycles. The topological polar surface area (TPSA) is 62.2 Å². The van der Waals surface area contributed by atoms with Crippen LogP contribution < -0.4 is 5.48 Å². The highest BCUT2D eigenvalue weighted by molar-refractivity contribution is 7.15. The zero-order valence-electron chi connectivity index (χ0n) is 15.0. The van der Waals surface area contributed by atoms with Gasteiger partial charge in [-0.3, -0.25) is 10.0 Å². The molecule has 1 aliphatic carbocycles. The number of halogens is 1. The van der Waals surface area contributed by atoms with E-state index in [2.05, 4.69) is 0 Å². The van der Waals surface area contributed by atoms with E-state index >= 15 is 0 Å². The number of nitrogens with zero attached hydrogens (tertiary/aromatic N) is 1. The normalized spacial score (nSPS) is 18.4. The van der Waals surface area contributed by atoms with Gasteiger partial charge >= 0.3 is 0 Å². The fourth-order valence-corrected chi connectivity index (χ4v) is 5.40. The molecule has 1 unspecified atom stereocenters. The summed E-state index contributed by atoms with van der Waals surface area (Å²) in [6.45, 7) is 3.69. The van der Waals surface area contributed by atoms with Crippen molar-refractivity contribution in [2.24, 2.45) is 0 Å². The minimum absolute atomic E-state index is 0.366. The van der Waals surface area contributed by atoms with Crippen LogP contribution in [-0.4, -0.2) is 16.1 Å². The van der Waals surface area contributed by atoms with Crippen LogP contribution in [0.4, 0.5) is 4.39 Å². The second-order valence-corrected chi connectivity index (χ2v) is 7.87. The fraction of sp³-hybridized carbons (Fsp3) is 0.238. The Morgan fingerprint density at radius 2 is 2.00 bits per heavy atom. The summed E-state index contributed by atoms with van der Waals surface area (Å²) < 4.78 is 14.3. The number of hydrogen-bond acceptors (Lipinski definition) is 4. The van der Waals surface area contributed by atoms with Crippen molar-refractivity contribution < 1.29 is 14.4 Å². The Balaban J connectivity index is 1.94. The molecular weight excluding hydrogens is 363 g/mol. The zero-order chi connectivity index (χ0) is 19.2. The van der Waals surface area contributed by atoms with Crippen molar-refractivity contribution in [1.82, 2.24) is 10.5 Å². The lowest BCUT2D eigenvalue weighted by atomic mass is 9.76. The molecule has 3 aromatic rings. The first-order valence-corrected chi connectivity index (χ1v) is 9.57. The molecule has 1 amide bonds. The van der Waals surface area contributed by atoms with Gasteiger partial charge in [0.2, 0.25) is 0 Å². The highest BCUT2D eigenvalue weighted by Gasteiger charge is 2.50. The molecule has 6 heteroatoms. The number of hydroxylamine groups is 1. The first-order valence-electron chi connectivity index (χ1n) is 8.75. The van der Waals surface area contributed by atoms with E-state index in [4.69, 9.17) is 4.98 Å². The van der Waals surface area contributed by atoms with Gasteiger partial charge in [-0.2, -0.15) is 0 Å². The van der Waals surface area contributed by atoms with Crippen LogP contribution >= 0.6 is 11.3 Å². The minimum atomic E-state index is -1.13. The van der Waals surface area contributed by atoms with Crippen LogP contribution in [-0.2, 0) is 16.6 Å². The maximum absolute atomic E-state index is 14.3. The number of rotatable bonds is 3. The lowest BCUT2D eigenvalue weighted by Crippen LogP contribution is -2.42. The smallest absolute Gasteiger partial charge is 0.259 e. The van der Waals surface area contributed by atoms with Crippen LogP contribution in [0.1, 0.15) is 33.7 Å². The summed E-state index contributed by atoms with van der Waals surface area (Å²) in [6.07, 6.45) is 1.05. The third-order valence-electron chi connectivity index (χ3n) is 5.41. The quantitative estimate of drug-likeness (QED) is 0.524. The predicted octanol–water partition coefficient (Wildman–Crippen LogP) is 4.30. The van der Waals surface area contributed by atoms with Gasteiger partial charge in [0.25, 0.3) is 5.91 Å². The molecule has 1 aliphatic rings. The molecule has 27 heavy (non-hydrogen) atoms. The van der Waals surface area contributed by atoms with Gasteiger partial charge in [0.15, 0.2) is 0 Å². The Bertz CT molecular complexity index is 1050. The number of thiazole rings is 1. The zero-order valence-corrected chi connectivity index (χ0v) is 15.9. The molecule has 1 heterocycles. The molecule has 4 rings (SSSR count). The Morgan fingerprint density at radius 1 is 1.22 bits per heavy atom. The Hall–Kier alpha value is -2.57. The molecule has 0 radical (unpaired) electrons. The first-order chi connectivity index (χ1) is 13.0. The second kappa shape index (κ2) is 6.55. The van der Waals surface area contributed by atoms with Gasteiger partial charge in [-0.1, -0.05) is 36.4 Å². The van der Waals surface area contributed by atoms with Crippen molar-refractivity contribution >= 4 is 17.2 Å². The van der Waals surface area contributed by atoms with E-state index in [0.717, 1.165) is 26.7 Å². The summed E-state index contributed by atoms with van der Waals surface area (Å²) in [5.74, 6) is -0.912. The summed E-state index contributed by atoms with van der Waals surface area (Å²) in [5, 5.41) is 10.3. The van der Waals surface area contributed by atoms with E-state index in [-0.39, 0.29) is 5.82 Å². The van der Waals surface area contributed by atoms with E-state index in [1.54, 1.807) is 19.1 Å². The monoisotopic (exact) mass is 382 g/mol. The standard InChI is InChI=1S/C21H19FN2O2S/c1-12-6-3-4-7-14(12)19-23-17-10-11-21(18(17)27-19,20(25)24-26)15-8-5-9-16(22)13(15)2/h3-9,26H,10-11H2,1-2H3,(H,24,25). The molecular formula is C21H19FN2O2S. The SMILES string of the molecule is Cc1ccccc1-c1nc2c(s1)C(C(=O)NO)(c1cccc(F)c1C)CC2. The van der Waals surface area contributed by atoms with Crippen molar-refractivity contribution in [3.63, 3.8) is 0 Å². The van der Waals surface area contributed by atoms with Crippen LogP contribution in [0.25, 0.3) is 10.6 Å². The van der Waals surface area contributed by atoms with Gasteiger partial charge in [-0.05, 0) is 49.4 Å². The van der Waals surface area contributed by atoms with Crippen LogP contribution in [0, 0.1) is 19.7 Å². The number of carbonyl (C=O) groups excluding carboxylic acids is 1. The summed E-state index contributed by atoms with van der Waals surface area (Å²) in [5.41, 5.74) is 4.63. The van der Waals surface area contributed by atoms with E-state index in [1.165, 1.54) is 17.4 Å². The fourth-order valence-electron chi connectivity index (χ4n) is 3.96. The van der Waals surface area contributed by atoms with Gasteiger partial charge < -0.3 is 0 Å². The maximum Gasteiger partial charge on any atom is 0.259 e. The highest BCUT2D eigenvalue weighted by atomic mass is 32.1. The third kappa shape index (κ3) is 2.59. The number of fused-ring (bicyclic) bond motifs is 1. The average Bonchev–Trinajstić information content (AvgIpc) is 3.24. The molecule has 1 aromatic heterocycles. The first kappa shape index (κ1) is 17.8. The van der Waals surface area contributed by atoms with Gasteiger partial charge in [0, 0.05) is 10.4 Å². The van der Waals surface area contributed by atoms with Crippen LogP contribution in [0.2, 0.25) is 0 Å². The number of hydrogen-bond donors (Lipinski definition) is 2. The molecule has 0 saturated carbocycles. The molecule has 138 valence electrons. The third-order valence-corrected chi connectivity index (χ3v) is 6.71. The van der Waals surface area contributed by atoms with Gasteiger partial charge in [0.1, 0.15) is 16.2 Å². The molecule has 0 bridgehead atoms. The Kier molecular flexibility index (Phi) is 4.32. The van der Waals surface area contributed by atoms with Crippen LogP contribution in [0.3, 0.4) is 0 Å². The van der Waals surface area contributed by atoms with E-state index in [9.17, 15) is 14.4 Å². The molecule has 0 aliphatic heterocycles. The molecule has 2 N–H and O–H groups in total. The minimum Gasteiger partial charge on any atom is -0.289 e. The summed E-state index contributed by atoms with van der Waals surface area (Å²) in [7, 11) is 0. The van der Waals surface area contributed by atoms with Crippen LogP contribution in [0.5, 0.6) is 0 Å². The predicted molar refractivity (Wildman–Crippen MR) is 102 cm³/mol. The number of aromatic nitrogens is 1. The molecule has 0 spiro atoms. The second-order valence-electron chi connectivity index (χ2n) is 6.87. The highest BCUT2D eigenvalue weighted by Crippen LogP contribution is 2.50. The van der Waals surface area contributed by atoms with Crippen molar-refractivity contribution in [2.45, 2.75) is 32.1 Å². The summed E-state index contributed by atoms with van der Waals surface area (Å²) in [4.78, 5) is 18.4. The van der Waals surface area contributed by atoms with Crippen molar-refractivity contribution in [1.29, 1.82) is 0 Å². The van der Waals surface area contributed by atoms with Gasteiger partial charge in [-0.25, -0.2) is 14.9 Å². The molecule has 2 aromatic carbocycles. The van der Waals surface area contributed by atoms with Crippen molar-refractivity contribution in [3.8, 4) is 10.6 Å². The van der Waals surface area contributed by atoms with E-state index in [0.29, 0.717) is 24.0 Å². The Labute approximate surface area is 160 Å². The van der Waals surface area contributed by atoms with Gasteiger partial charge in [-0.15, -0.1) is 11.3 Å². The van der Waals surface area contributed by atoms with Crippen molar-refractivity contribution in [2.75, 3.05) is 0 Å². The molecule has 4 nitrogen and oxygen atoms in total. The number of nitrogens with one attached hydrogen (secondary N) is 1. The number of aryl methyl sites for hydroxylation is 2. The largest absolute Gasteiger partial charge is 0.289 e. The number of benzene rings is 2. The lowest BCUT2D eigenvalue weighted by Gasteiger charge is -2.28. The maximum atomic E-state index is 14.3. The number of amides is 1. The summed E-state index contributed by atoms with van der Waals surface area (Å²) >= 11 is 1.44. The number of carbonyl (C=O) groups is 1. The van der Waals surface area contributed by atoms with Crippen molar-refractivity contribution in [3.05, 3.63) is 75.5 Å². The average molecular weight is 382 g/mol. The van der Waals surface area contributed by atoms with E-state index in [1.807, 2.05) is 36.7 Å². The lowest BCUT2D eigenvalue weighted by molar-refractivity contribution is -0.133. The molecule has 1 atom stereocenters. The van der Waals surface area contributed by atoms with Crippen LogP contribution in [0.15, 0.2) is 42.5 Å². The summed E-state index contributed by atoms with van der Waals surface area (Å²) in [6, 6.07) is 12.7.